The van der Waals surface area contributed by atoms with E-state index in [0.717, 1.165) is 50.0 Å². The number of ketones is 1. The lowest BCUT2D eigenvalue weighted by Gasteiger charge is -2.42. The van der Waals surface area contributed by atoms with Crippen LogP contribution in [0, 0.1) is 5.92 Å². The molecule has 0 bridgehead atoms. The van der Waals surface area contributed by atoms with E-state index < -0.39 is 17.0 Å². The van der Waals surface area contributed by atoms with E-state index in [-0.39, 0.29) is 11.7 Å². The van der Waals surface area contributed by atoms with Crippen molar-refractivity contribution in [1.29, 1.82) is 0 Å². The molecule has 0 spiro atoms. The summed E-state index contributed by atoms with van der Waals surface area (Å²) in [6, 6.07) is 26.9. The fourth-order valence-electron chi connectivity index (χ4n) is 5.41. The van der Waals surface area contributed by atoms with Gasteiger partial charge in [-0.1, -0.05) is 78.9 Å². The molecule has 0 saturated carbocycles. The molecular weight excluding hydrogens is 462 g/mol. The summed E-state index contributed by atoms with van der Waals surface area (Å²) >= 11 is 0. The van der Waals surface area contributed by atoms with Gasteiger partial charge in [-0.2, -0.15) is 0 Å². The number of hydrogen-bond donors (Lipinski definition) is 2. The first-order valence-corrected chi connectivity index (χ1v) is 13.2. The predicted molar refractivity (Wildman–Crippen MR) is 146 cm³/mol. The van der Waals surface area contributed by atoms with Crippen LogP contribution in [0.3, 0.4) is 0 Å². The van der Waals surface area contributed by atoms with Gasteiger partial charge in [0.1, 0.15) is 5.60 Å². The summed E-state index contributed by atoms with van der Waals surface area (Å²) in [6.45, 7) is 5.89. The normalized spacial score (nSPS) is 15.4. The van der Waals surface area contributed by atoms with Crippen LogP contribution in [0.5, 0.6) is 0 Å². The minimum atomic E-state index is -1.04. The summed E-state index contributed by atoms with van der Waals surface area (Å²) in [7, 11) is 0. The SMILES string of the molecule is CC(C)(C(=O)O)c1cccc(C(=O)CCCN2CCC(C(O)(c3ccccc3)c3ccccc3)CC2)c1. The maximum Gasteiger partial charge on any atom is 0.313 e. The van der Waals surface area contributed by atoms with Gasteiger partial charge in [0.2, 0.25) is 0 Å². The number of carboxylic acids is 1. The van der Waals surface area contributed by atoms with Crippen molar-refractivity contribution in [2.45, 2.75) is 50.5 Å². The molecule has 1 aliphatic rings. The molecule has 0 radical (unpaired) electrons. The van der Waals surface area contributed by atoms with Crippen molar-refractivity contribution >= 4 is 11.8 Å². The van der Waals surface area contributed by atoms with E-state index in [1.165, 1.54) is 0 Å². The third kappa shape index (κ3) is 5.84. The van der Waals surface area contributed by atoms with E-state index >= 15 is 0 Å². The average molecular weight is 500 g/mol. The van der Waals surface area contributed by atoms with E-state index in [4.69, 9.17) is 0 Å². The summed E-state index contributed by atoms with van der Waals surface area (Å²) in [6.07, 6.45) is 2.92. The number of benzene rings is 3. The lowest BCUT2D eigenvalue weighted by molar-refractivity contribution is -0.142. The van der Waals surface area contributed by atoms with Crippen molar-refractivity contribution in [3.05, 3.63) is 107 Å². The van der Waals surface area contributed by atoms with Gasteiger partial charge in [-0.3, -0.25) is 9.59 Å². The Kier molecular flexibility index (Phi) is 8.25. The first-order valence-electron chi connectivity index (χ1n) is 13.2. The number of Topliss-reactive ketones (excluding diaryl/α,β-unsaturated/α-hetero) is 1. The molecule has 0 unspecified atom stereocenters. The molecule has 3 aromatic rings. The zero-order valence-corrected chi connectivity index (χ0v) is 21.8. The van der Waals surface area contributed by atoms with Crippen molar-refractivity contribution in [3.63, 3.8) is 0 Å². The molecule has 37 heavy (non-hydrogen) atoms. The van der Waals surface area contributed by atoms with Crippen molar-refractivity contribution in [2.24, 2.45) is 5.92 Å². The third-order valence-corrected chi connectivity index (χ3v) is 7.93. The van der Waals surface area contributed by atoms with Gasteiger partial charge in [-0.25, -0.2) is 0 Å². The Morgan fingerprint density at radius 1 is 0.838 bits per heavy atom. The standard InChI is InChI=1S/C32H37NO4/c1-31(2,30(35)36)28-16-9-11-24(23-28)29(34)17-10-20-33-21-18-27(19-22-33)32(37,25-12-5-3-6-13-25)26-14-7-4-8-15-26/h3-9,11-16,23,27,37H,10,17-22H2,1-2H3,(H,35,36). The first-order chi connectivity index (χ1) is 17.7. The van der Waals surface area contributed by atoms with Crippen molar-refractivity contribution in [3.8, 4) is 0 Å². The van der Waals surface area contributed by atoms with Gasteiger partial charge < -0.3 is 15.1 Å². The minimum Gasteiger partial charge on any atom is -0.481 e. The molecule has 0 atom stereocenters. The summed E-state index contributed by atoms with van der Waals surface area (Å²) in [5, 5.41) is 21.6. The molecule has 1 heterocycles. The fourth-order valence-corrected chi connectivity index (χ4v) is 5.41. The second kappa shape index (κ2) is 11.4. The highest BCUT2D eigenvalue weighted by atomic mass is 16.4. The highest BCUT2D eigenvalue weighted by Gasteiger charge is 2.41. The molecule has 5 nitrogen and oxygen atoms in total. The molecule has 2 N–H and O–H groups in total. The van der Waals surface area contributed by atoms with Crippen molar-refractivity contribution in [2.75, 3.05) is 19.6 Å². The van der Waals surface area contributed by atoms with Crippen LogP contribution in [-0.4, -0.2) is 46.5 Å². The van der Waals surface area contributed by atoms with Gasteiger partial charge in [-0.05, 0) is 81.4 Å². The second-order valence-electron chi connectivity index (χ2n) is 10.7. The number of likely N-dealkylation sites (tertiary alicyclic amines) is 1. The Balaban J connectivity index is 1.34. The third-order valence-electron chi connectivity index (χ3n) is 7.93. The van der Waals surface area contributed by atoms with Crippen molar-refractivity contribution < 1.29 is 19.8 Å². The van der Waals surface area contributed by atoms with Gasteiger partial charge in [0.05, 0.1) is 5.41 Å². The summed E-state index contributed by atoms with van der Waals surface area (Å²) < 4.78 is 0. The minimum absolute atomic E-state index is 0.0421. The Bertz CT molecular complexity index is 1160. The largest absolute Gasteiger partial charge is 0.481 e. The maximum atomic E-state index is 12.8. The maximum absolute atomic E-state index is 12.8. The molecule has 3 aromatic carbocycles. The van der Waals surface area contributed by atoms with Crippen LogP contribution >= 0.6 is 0 Å². The van der Waals surface area contributed by atoms with Crippen LogP contribution in [0.1, 0.15) is 66.6 Å². The van der Waals surface area contributed by atoms with E-state index in [0.29, 0.717) is 17.5 Å². The van der Waals surface area contributed by atoms with Crippen molar-refractivity contribution in [1.82, 2.24) is 4.90 Å². The quantitative estimate of drug-likeness (QED) is 0.352. The number of rotatable bonds is 10. The van der Waals surface area contributed by atoms with Crippen LogP contribution in [0.4, 0.5) is 0 Å². The van der Waals surface area contributed by atoms with Crippen LogP contribution in [-0.2, 0) is 15.8 Å². The molecule has 1 saturated heterocycles. The second-order valence-corrected chi connectivity index (χ2v) is 10.7. The number of aliphatic carboxylic acids is 1. The molecule has 1 fully saturated rings. The molecule has 5 heteroatoms. The Morgan fingerprint density at radius 2 is 1.38 bits per heavy atom. The Labute approximate surface area is 219 Å². The van der Waals surface area contributed by atoms with Gasteiger partial charge >= 0.3 is 5.97 Å². The molecule has 1 aliphatic heterocycles. The van der Waals surface area contributed by atoms with E-state index in [1.54, 1.807) is 38.1 Å². The predicted octanol–water partition coefficient (Wildman–Crippen LogP) is 5.66. The zero-order valence-electron chi connectivity index (χ0n) is 21.8. The molecule has 0 aliphatic carbocycles. The van der Waals surface area contributed by atoms with Crippen LogP contribution in [0.15, 0.2) is 84.9 Å². The topological polar surface area (TPSA) is 77.8 Å². The van der Waals surface area contributed by atoms with Gasteiger partial charge in [0.15, 0.2) is 5.78 Å². The highest BCUT2D eigenvalue weighted by Crippen LogP contribution is 2.41. The number of aliphatic hydroxyl groups is 1. The van der Waals surface area contributed by atoms with E-state index in [2.05, 4.69) is 4.90 Å². The average Bonchev–Trinajstić information content (AvgIpc) is 2.94. The summed E-state index contributed by atoms with van der Waals surface area (Å²) in [5.74, 6) is -0.761. The smallest absolute Gasteiger partial charge is 0.313 e. The number of carboxylic acid groups (broad SMARTS) is 1. The molecule has 4 rings (SSSR count). The Morgan fingerprint density at radius 3 is 1.92 bits per heavy atom. The molecule has 194 valence electrons. The Hall–Kier alpha value is -3.28. The highest BCUT2D eigenvalue weighted by molar-refractivity contribution is 5.96. The molecule has 0 aromatic heterocycles. The fraction of sp³-hybridized carbons (Fsp3) is 0.375. The number of carbonyl (C=O) groups excluding carboxylic acids is 1. The number of nitrogens with zero attached hydrogens (tertiary/aromatic N) is 1. The lowest BCUT2D eigenvalue weighted by atomic mass is 9.72. The lowest BCUT2D eigenvalue weighted by Crippen LogP contribution is -2.44. The number of carbonyl (C=O) groups is 2. The van der Waals surface area contributed by atoms with Crippen LogP contribution < -0.4 is 0 Å². The summed E-state index contributed by atoms with van der Waals surface area (Å²) in [5.41, 5.74) is 0.997. The van der Waals surface area contributed by atoms with Gasteiger partial charge in [-0.15, -0.1) is 0 Å². The van der Waals surface area contributed by atoms with E-state index in [9.17, 15) is 19.8 Å². The van der Waals surface area contributed by atoms with Gasteiger partial charge in [0.25, 0.3) is 0 Å². The molecular formula is C32H37NO4. The van der Waals surface area contributed by atoms with Gasteiger partial charge in [0, 0.05) is 12.0 Å². The summed E-state index contributed by atoms with van der Waals surface area (Å²) in [4.78, 5) is 26.8. The van der Waals surface area contributed by atoms with Crippen LogP contribution in [0.2, 0.25) is 0 Å². The monoisotopic (exact) mass is 499 g/mol. The molecule has 0 amide bonds. The van der Waals surface area contributed by atoms with Crippen LogP contribution in [0.25, 0.3) is 0 Å². The first kappa shape index (κ1) is 26.8. The van der Waals surface area contributed by atoms with E-state index in [1.807, 2.05) is 60.7 Å². The number of piperidine rings is 1. The zero-order chi connectivity index (χ0) is 26.5. The number of hydrogen-bond acceptors (Lipinski definition) is 4.